The topological polar surface area (TPSA) is 35.6 Å². The SMILES string of the molecule is CCC1NC(CC(C)C)N(C2CCCN(C)C2)C1=O. The molecule has 0 aliphatic carbocycles. The van der Waals surface area contributed by atoms with Crippen LogP contribution in [0.5, 0.6) is 0 Å². The number of hydrogen-bond donors (Lipinski definition) is 1. The van der Waals surface area contributed by atoms with Crippen LogP contribution in [0.15, 0.2) is 0 Å². The van der Waals surface area contributed by atoms with Crippen LogP contribution < -0.4 is 5.32 Å². The van der Waals surface area contributed by atoms with E-state index in [1.54, 1.807) is 0 Å². The molecule has 2 aliphatic heterocycles. The van der Waals surface area contributed by atoms with Crippen LogP contribution in [0.4, 0.5) is 0 Å². The molecular weight excluding hydrogens is 238 g/mol. The number of likely N-dealkylation sites (tertiary alicyclic amines) is 1. The molecule has 19 heavy (non-hydrogen) atoms. The highest BCUT2D eigenvalue weighted by Gasteiger charge is 2.42. The fourth-order valence-electron chi connectivity index (χ4n) is 3.44. The van der Waals surface area contributed by atoms with Crippen molar-refractivity contribution in [3.63, 3.8) is 0 Å². The lowest BCUT2D eigenvalue weighted by Gasteiger charge is -2.39. The molecule has 1 amide bonds. The van der Waals surface area contributed by atoms with Gasteiger partial charge >= 0.3 is 0 Å². The maximum absolute atomic E-state index is 12.6. The molecule has 2 saturated heterocycles. The summed E-state index contributed by atoms with van der Waals surface area (Å²) < 4.78 is 0. The summed E-state index contributed by atoms with van der Waals surface area (Å²) in [6.07, 6.45) is 4.56. The van der Waals surface area contributed by atoms with E-state index in [1.807, 2.05) is 0 Å². The smallest absolute Gasteiger partial charge is 0.241 e. The van der Waals surface area contributed by atoms with Crippen molar-refractivity contribution in [2.75, 3.05) is 20.1 Å². The molecule has 3 atom stereocenters. The van der Waals surface area contributed by atoms with Crippen LogP contribution in [0.2, 0.25) is 0 Å². The van der Waals surface area contributed by atoms with Crippen molar-refractivity contribution >= 4 is 5.91 Å². The Morgan fingerprint density at radius 2 is 2.16 bits per heavy atom. The Morgan fingerprint density at radius 3 is 2.74 bits per heavy atom. The Morgan fingerprint density at radius 1 is 1.42 bits per heavy atom. The van der Waals surface area contributed by atoms with Gasteiger partial charge in [-0.05, 0) is 45.2 Å². The Hall–Kier alpha value is -0.610. The Labute approximate surface area is 117 Å². The van der Waals surface area contributed by atoms with Gasteiger partial charge in [-0.3, -0.25) is 10.1 Å². The molecule has 2 heterocycles. The zero-order valence-corrected chi connectivity index (χ0v) is 12.9. The number of likely N-dealkylation sites (N-methyl/N-ethyl adjacent to an activating group) is 1. The second-order valence-corrected chi connectivity index (χ2v) is 6.58. The quantitative estimate of drug-likeness (QED) is 0.841. The van der Waals surface area contributed by atoms with Crippen molar-refractivity contribution in [1.29, 1.82) is 0 Å². The average molecular weight is 267 g/mol. The summed E-state index contributed by atoms with van der Waals surface area (Å²) in [5.41, 5.74) is 0. The largest absolute Gasteiger partial charge is 0.322 e. The second kappa shape index (κ2) is 6.23. The summed E-state index contributed by atoms with van der Waals surface area (Å²) in [6, 6.07) is 0.440. The van der Waals surface area contributed by atoms with Gasteiger partial charge in [0.05, 0.1) is 12.2 Å². The first-order valence-corrected chi connectivity index (χ1v) is 7.79. The maximum atomic E-state index is 12.6. The highest BCUT2D eigenvalue weighted by molar-refractivity contribution is 5.84. The number of hydrogen-bond acceptors (Lipinski definition) is 3. The summed E-state index contributed by atoms with van der Waals surface area (Å²) in [6.45, 7) is 8.75. The highest BCUT2D eigenvalue weighted by Crippen LogP contribution is 2.25. The van der Waals surface area contributed by atoms with Gasteiger partial charge in [-0.15, -0.1) is 0 Å². The normalized spacial score (nSPS) is 33.4. The van der Waals surface area contributed by atoms with Crippen LogP contribution in [0, 0.1) is 5.92 Å². The molecule has 2 fully saturated rings. The monoisotopic (exact) mass is 267 g/mol. The Bertz CT molecular complexity index is 319. The summed E-state index contributed by atoms with van der Waals surface area (Å²) in [5.74, 6) is 0.943. The first-order valence-electron chi connectivity index (χ1n) is 7.79. The molecule has 2 rings (SSSR count). The molecule has 110 valence electrons. The standard InChI is InChI=1S/C15H29N3O/c1-5-13-15(19)18(14(16-13)9-11(2)3)12-7-6-8-17(4)10-12/h11-14,16H,5-10H2,1-4H3. The van der Waals surface area contributed by atoms with E-state index < -0.39 is 0 Å². The van der Waals surface area contributed by atoms with Gasteiger partial charge in [0.1, 0.15) is 0 Å². The lowest BCUT2D eigenvalue weighted by molar-refractivity contribution is -0.133. The zero-order chi connectivity index (χ0) is 14.0. The van der Waals surface area contributed by atoms with Gasteiger partial charge in [0.25, 0.3) is 0 Å². The van der Waals surface area contributed by atoms with Crippen LogP contribution >= 0.6 is 0 Å². The van der Waals surface area contributed by atoms with Crippen molar-refractivity contribution in [3.05, 3.63) is 0 Å². The lowest BCUT2D eigenvalue weighted by atomic mass is 10.0. The minimum atomic E-state index is 0.0379. The molecule has 0 aromatic heterocycles. The van der Waals surface area contributed by atoms with Crippen LogP contribution in [0.25, 0.3) is 0 Å². The third-order valence-electron chi connectivity index (χ3n) is 4.38. The predicted molar refractivity (Wildman–Crippen MR) is 77.8 cm³/mol. The summed E-state index contributed by atoms with van der Waals surface area (Å²) in [5, 5.41) is 3.54. The summed E-state index contributed by atoms with van der Waals surface area (Å²) in [4.78, 5) is 17.1. The fraction of sp³-hybridized carbons (Fsp3) is 0.933. The first-order chi connectivity index (χ1) is 9.02. The van der Waals surface area contributed by atoms with Gasteiger partial charge in [0.15, 0.2) is 0 Å². The summed E-state index contributed by atoms with van der Waals surface area (Å²) >= 11 is 0. The third kappa shape index (κ3) is 3.29. The van der Waals surface area contributed by atoms with Crippen LogP contribution in [0.3, 0.4) is 0 Å². The number of amides is 1. The first kappa shape index (κ1) is 14.8. The minimum Gasteiger partial charge on any atom is -0.322 e. The van der Waals surface area contributed by atoms with Gasteiger partial charge in [-0.2, -0.15) is 0 Å². The van der Waals surface area contributed by atoms with Gasteiger partial charge in [0, 0.05) is 12.6 Å². The molecule has 4 heteroatoms. The van der Waals surface area contributed by atoms with Gasteiger partial charge in [-0.1, -0.05) is 20.8 Å². The Balaban J connectivity index is 2.10. The number of piperidine rings is 1. The van der Waals surface area contributed by atoms with Crippen LogP contribution in [-0.4, -0.2) is 54.1 Å². The van der Waals surface area contributed by atoms with Crippen molar-refractivity contribution in [2.24, 2.45) is 5.92 Å². The molecule has 0 radical (unpaired) electrons. The third-order valence-corrected chi connectivity index (χ3v) is 4.38. The van der Waals surface area contributed by atoms with E-state index in [-0.39, 0.29) is 12.2 Å². The number of nitrogens with zero attached hydrogens (tertiary/aromatic N) is 2. The minimum absolute atomic E-state index is 0.0379. The average Bonchev–Trinajstić information content (AvgIpc) is 2.64. The lowest BCUT2D eigenvalue weighted by Crippen LogP contribution is -2.52. The molecule has 0 aromatic rings. The van der Waals surface area contributed by atoms with Crippen molar-refractivity contribution in [1.82, 2.24) is 15.1 Å². The molecule has 4 nitrogen and oxygen atoms in total. The predicted octanol–water partition coefficient (Wildman–Crippen LogP) is 1.66. The maximum Gasteiger partial charge on any atom is 0.241 e. The van der Waals surface area contributed by atoms with Crippen LogP contribution in [0.1, 0.15) is 46.5 Å². The fourth-order valence-corrected chi connectivity index (χ4v) is 3.44. The Kier molecular flexibility index (Phi) is 4.85. The van der Waals surface area contributed by atoms with Crippen molar-refractivity contribution in [3.8, 4) is 0 Å². The molecule has 0 aromatic carbocycles. The van der Waals surface area contributed by atoms with E-state index in [0.29, 0.717) is 17.9 Å². The van der Waals surface area contributed by atoms with E-state index in [0.717, 1.165) is 32.4 Å². The molecule has 0 bridgehead atoms. The molecule has 3 unspecified atom stereocenters. The summed E-state index contributed by atoms with van der Waals surface area (Å²) in [7, 11) is 2.16. The molecular formula is C15H29N3O. The van der Waals surface area contributed by atoms with E-state index in [2.05, 4.69) is 42.9 Å². The van der Waals surface area contributed by atoms with E-state index >= 15 is 0 Å². The number of nitrogens with one attached hydrogen (secondary N) is 1. The molecule has 0 saturated carbocycles. The van der Waals surface area contributed by atoms with Crippen LogP contribution in [-0.2, 0) is 4.79 Å². The van der Waals surface area contributed by atoms with Gasteiger partial charge in [0.2, 0.25) is 5.91 Å². The van der Waals surface area contributed by atoms with E-state index in [1.165, 1.54) is 6.42 Å². The van der Waals surface area contributed by atoms with E-state index in [4.69, 9.17) is 0 Å². The molecule has 0 spiro atoms. The van der Waals surface area contributed by atoms with Crippen molar-refractivity contribution < 1.29 is 4.79 Å². The van der Waals surface area contributed by atoms with Crippen molar-refractivity contribution in [2.45, 2.75) is 64.7 Å². The molecule has 1 N–H and O–H groups in total. The van der Waals surface area contributed by atoms with Gasteiger partial charge in [-0.25, -0.2) is 0 Å². The number of carbonyl (C=O) groups excluding carboxylic acids is 1. The molecule has 2 aliphatic rings. The number of rotatable bonds is 4. The number of carbonyl (C=O) groups is 1. The van der Waals surface area contributed by atoms with E-state index in [9.17, 15) is 4.79 Å². The van der Waals surface area contributed by atoms with Gasteiger partial charge < -0.3 is 9.80 Å². The zero-order valence-electron chi connectivity index (χ0n) is 12.9. The highest BCUT2D eigenvalue weighted by atomic mass is 16.2. The second-order valence-electron chi connectivity index (χ2n) is 6.58.